The molecule has 0 amide bonds. The molecule has 0 N–H and O–H groups in total. The lowest BCUT2D eigenvalue weighted by Crippen LogP contribution is -1.98. The summed E-state index contributed by atoms with van der Waals surface area (Å²) in [6.07, 6.45) is 1.72. The topological polar surface area (TPSA) is 62.3 Å². The van der Waals surface area contributed by atoms with Crippen LogP contribution in [0, 0.1) is 17.9 Å². The van der Waals surface area contributed by atoms with Crippen LogP contribution in [-0.2, 0) is 9.84 Å². The van der Waals surface area contributed by atoms with Crippen molar-refractivity contribution in [3.05, 3.63) is 33.7 Å². The highest BCUT2D eigenvalue weighted by molar-refractivity contribution is 7.95. The van der Waals surface area contributed by atoms with Crippen LogP contribution in [0.25, 0.3) is 4.85 Å². The number of sulfone groups is 1. The van der Waals surface area contributed by atoms with Crippen LogP contribution < -0.4 is 0 Å². The maximum absolute atomic E-state index is 11.4. The average molecular weight is 208 g/mol. The normalized spacial score (nSPS) is 25.5. The van der Waals surface area contributed by atoms with Crippen LogP contribution in [0.15, 0.2) is 22.3 Å². The van der Waals surface area contributed by atoms with Crippen LogP contribution >= 0.6 is 0 Å². The van der Waals surface area contributed by atoms with Gasteiger partial charge in [0.05, 0.1) is 23.3 Å². The molecule has 0 unspecified atom stereocenters. The van der Waals surface area contributed by atoms with Gasteiger partial charge in [0.25, 0.3) is 5.70 Å². The van der Waals surface area contributed by atoms with Gasteiger partial charge in [0.15, 0.2) is 9.84 Å². The molecule has 72 valence electrons. The van der Waals surface area contributed by atoms with Gasteiger partial charge < -0.3 is 0 Å². The van der Waals surface area contributed by atoms with Crippen molar-refractivity contribution in [1.82, 2.24) is 0 Å². The number of nitriles is 1. The highest BCUT2D eigenvalue weighted by Crippen LogP contribution is 2.32. The second kappa shape index (κ2) is 3.65. The lowest BCUT2D eigenvalue weighted by molar-refractivity contribution is 0.605. The molecule has 0 aliphatic carbocycles. The van der Waals surface area contributed by atoms with Crippen molar-refractivity contribution in [1.29, 1.82) is 5.26 Å². The summed E-state index contributed by atoms with van der Waals surface area (Å²) < 4.78 is 22.8. The maximum Gasteiger partial charge on any atom is 0.266 e. The van der Waals surface area contributed by atoms with Crippen LogP contribution in [-0.4, -0.2) is 14.2 Å². The van der Waals surface area contributed by atoms with E-state index in [0.29, 0.717) is 5.57 Å². The fourth-order valence-electron chi connectivity index (χ4n) is 1.41. The molecule has 1 rings (SSSR count). The standard InChI is InChI=1S/C9H8N2O2S/c1-3-9-7(8(6-10)11-2)4-5-14(9,12)13/h3H,4-5H2,1H3/b8-7-,9-3-. The average Bonchev–Trinajstić information content (AvgIpc) is 2.44. The molecule has 0 saturated carbocycles. The molecular weight excluding hydrogens is 200 g/mol. The van der Waals surface area contributed by atoms with Crippen molar-refractivity contribution in [2.75, 3.05) is 5.75 Å². The first-order chi connectivity index (χ1) is 6.56. The van der Waals surface area contributed by atoms with Gasteiger partial charge in [0, 0.05) is 0 Å². The molecule has 1 fully saturated rings. The number of nitrogens with zero attached hydrogens (tertiary/aromatic N) is 2. The van der Waals surface area contributed by atoms with Crippen LogP contribution in [0.3, 0.4) is 0 Å². The smallest absolute Gasteiger partial charge is 0.226 e. The van der Waals surface area contributed by atoms with Gasteiger partial charge in [-0.25, -0.2) is 18.5 Å². The molecule has 1 saturated heterocycles. The summed E-state index contributed by atoms with van der Waals surface area (Å²) in [5.41, 5.74) is 0.254. The third kappa shape index (κ3) is 1.55. The Hall–Kier alpha value is -1.59. The van der Waals surface area contributed by atoms with E-state index in [1.54, 1.807) is 13.0 Å². The first kappa shape index (κ1) is 10.5. The van der Waals surface area contributed by atoms with Gasteiger partial charge in [-0.3, -0.25) is 0 Å². The fourth-order valence-corrected chi connectivity index (χ4v) is 3.03. The minimum Gasteiger partial charge on any atom is -0.226 e. The Labute approximate surface area is 82.9 Å². The first-order valence-corrected chi connectivity index (χ1v) is 5.62. The quantitative estimate of drug-likeness (QED) is 0.446. The molecular formula is C9H8N2O2S. The Morgan fingerprint density at radius 3 is 2.79 bits per heavy atom. The number of rotatable bonds is 0. The highest BCUT2D eigenvalue weighted by atomic mass is 32.2. The van der Waals surface area contributed by atoms with Crippen molar-refractivity contribution in [2.24, 2.45) is 0 Å². The van der Waals surface area contributed by atoms with Crippen LogP contribution in [0.4, 0.5) is 0 Å². The van der Waals surface area contributed by atoms with E-state index in [1.807, 2.05) is 0 Å². The van der Waals surface area contributed by atoms with Gasteiger partial charge in [0.1, 0.15) is 0 Å². The molecule has 0 bridgehead atoms. The zero-order valence-electron chi connectivity index (χ0n) is 7.61. The minimum atomic E-state index is -3.24. The Morgan fingerprint density at radius 2 is 2.36 bits per heavy atom. The lowest BCUT2D eigenvalue weighted by Gasteiger charge is -1.97. The molecule has 1 aliphatic heterocycles. The summed E-state index contributed by atoms with van der Waals surface area (Å²) in [7, 11) is -3.24. The van der Waals surface area contributed by atoms with E-state index in [2.05, 4.69) is 4.85 Å². The summed E-state index contributed by atoms with van der Waals surface area (Å²) in [5.74, 6) is 0.00269. The molecule has 4 nitrogen and oxygen atoms in total. The van der Waals surface area contributed by atoms with Crippen molar-refractivity contribution >= 4 is 9.84 Å². The second-order valence-corrected chi connectivity index (χ2v) is 4.85. The third-order valence-electron chi connectivity index (χ3n) is 2.02. The zero-order chi connectivity index (χ0) is 10.8. The first-order valence-electron chi connectivity index (χ1n) is 3.97. The molecule has 1 aliphatic rings. The van der Waals surface area contributed by atoms with E-state index < -0.39 is 9.84 Å². The van der Waals surface area contributed by atoms with Crippen molar-refractivity contribution in [2.45, 2.75) is 13.3 Å². The number of hydrogen-bond acceptors (Lipinski definition) is 3. The maximum atomic E-state index is 11.4. The van der Waals surface area contributed by atoms with Gasteiger partial charge in [0.2, 0.25) is 0 Å². The van der Waals surface area contributed by atoms with E-state index in [0.717, 1.165) is 0 Å². The minimum absolute atomic E-state index is 0.00269. The Kier molecular flexibility index (Phi) is 2.73. The molecule has 0 aromatic rings. The van der Waals surface area contributed by atoms with Gasteiger partial charge in [-0.05, 0) is 18.9 Å². The van der Waals surface area contributed by atoms with Gasteiger partial charge >= 0.3 is 0 Å². The lowest BCUT2D eigenvalue weighted by atomic mass is 10.1. The Balaban J connectivity index is 3.43. The summed E-state index contributed by atoms with van der Waals surface area (Å²) >= 11 is 0. The van der Waals surface area contributed by atoms with Crippen LogP contribution in [0.5, 0.6) is 0 Å². The molecule has 0 spiro atoms. The van der Waals surface area contributed by atoms with Crippen molar-refractivity contribution in [3.63, 3.8) is 0 Å². The zero-order valence-corrected chi connectivity index (χ0v) is 8.43. The summed E-state index contributed by atoms with van der Waals surface area (Å²) in [6.45, 7) is 8.34. The van der Waals surface area contributed by atoms with Gasteiger partial charge in [-0.1, -0.05) is 6.08 Å². The van der Waals surface area contributed by atoms with Crippen molar-refractivity contribution in [3.8, 4) is 6.07 Å². The molecule has 5 heteroatoms. The Morgan fingerprint density at radius 1 is 1.71 bits per heavy atom. The molecule has 0 radical (unpaired) electrons. The van der Waals surface area contributed by atoms with E-state index in [9.17, 15) is 8.42 Å². The van der Waals surface area contributed by atoms with Crippen molar-refractivity contribution < 1.29 is 8.42 Å². The molecule has 0 atom stereocenters. The van der Waals surface area contributed by atoms with E-state index >= 15 is 0 Å². The SMILES string of the molecule is [C-]#[N+]/C(C#N)=C1/CCS(=O)(=O)/C1=C\C. The van der Waals surface area contributed by atoms with Crippen LogP contribution in [0.1, 0.15) is 13.3 Å². The van der Waals surface area contributed by atoms with Crippen LogP contribution in [0.2, 0.25) is 0 Å². The van der Waals surface area contributed by atoms with Gasteiger partial charge in [-0.15, -0.1) is 0 Å². The van der Waals surface area contributed by atoms with E-state index in [4.69, 9.17) is 11.8 Å². The van der Waals surface area contributed by atoms with E-state index in [1.165, 1.54) is 6.08 Å². The monoisotopic (exact) mass is 208 g/mol. The largest absolute Gasteiger partial charge is 0.266 e. The second-order valence-electron chi connectivity index (χ2n) is 2.77. The number of hydrogen-bond donors (Lipinski definition) is 0. The molecule has 14 heavy (non-hydrogen) atoms. The highest BCUT2D eigenvalue weighted by Gasteiger charge is 2.30. The summed E-state index contributed by atoms with van der Waals surface area (Å²) in [6, 6.07) is 1.72. The summed E-state index contributed by atoms with van der Waals surface area (Å²) in [5, 5.41) is 8.63. The molecule has 0 aromatic carbocycles. The molecule has 0 aromatic heterocycles. The predicted molar refractivity (Wildman–Crippen MR) is 51.4 cm³/mol. The predicted octanol–water partition coefficient (Wildman–Crippen LogP) is 1.41. The number of allylic oxidation sites excluding steroid dienone is 3. The van der Waals surface area contributed by atoms with Gasteiger partial charge in [-0.2, -0.15) is 0 Å². The summed E-state index contributed by atoms with van der Waals surface area (Å²) in [4.78, 5) is 3.16. The fraction of sp³-hybridized carbons (Fsp3) is 0.333. The Bertz CT molecular complexity index is 482. The third-order valence-corrected chi connectivity index (χ3v) is 3.91. The molecule has 1 heterocycles. The van der Waals surface area contributed by atoms with E-state index in [-0.39, 0.29) is 22.8 Å².